The number of hydrogen-bond donors (Lipinski definition) is 1. The molecule has 1 heterocycles. The second-order valence-corrected chi connectivity index (χ2v) is 5.07. The number of nitrogens with two attached hydrogens (primary N) is 1. The van der Waals surface area contributed by atoms with Crippen LogP contribution in [0.5, 0.6) is 5.75 Å². The molecule has 112 valence electrons. The number of alkyl halides is 3. The highest BCUT2D eigenvalue weighted by atomic mass is 32.2. The van der Waals surface area contributed by atoms with E-state index in [4.69, 9.17) is 10.5 Å². The molecule has 0 aliphatic carbocycles. The molecule has 1 aromatic carbocycles. The molecule has 0 amide bonds. The molecule has 0 bridgehead atoms. The number of halogens is 4. The monoisotopic (exact) mass is 318 g/mol. The summed E-state index contributed by atoms with van der Waals surface area (Å²) in [6.45, 7) is 0. The number of ether oxygens (including phenoxy) is 1. The molecule has 3 nitrogen and oxygen atoms in total. The Labute approximate surface area is 122 Å². The largest absolute Gasteiger partial charge is 0.495 e. The maximum atomic E-state index is 13.8. The van der Waals surface area contributed by atoms with Gasteiger partial charge >= 0.3 is 6.18 Å². The van der Waals surface area contributed by atoms with Gasteiger partial charge in [-0.2, -0.15) is 13.2 Å². The van der Waals surface area contributed by atoms with Crippen molar-refractivity contribution < 1.29 is 22.3 Å². The molecular weight excluding hydrogens is 308 g/mol. The Hall–Kier alpha value is -1.96. The van der Waals surface area contributed by atoms with Gasteiger partial charge in [0.1, 0.15) is 16.6 Å². The first kappa shape index (κ1) is 15.4. The van der Waals surface area contributed by atoms with E-state index < -0.39 is 17.6 Å². The van der Waals surface area contributed by atoms with Gasteiger partial charge in [0, 0.05) is 12.3 Å². The summed E-state index contributed by atoms with van der Waals surface area (Å²) in [5, 5.41) is 0.230. The number of benzene rings is 1. The van der Waals surface area contributed by atoms with Crippen molar-refractivity contribution in [2.24, 2.45) is 0 Å². The number of pyridine rings is 1. The molecule has 0 aliphatic heterocycles. The SMILES string of the molecule is COc1cc(Sc2ccc(C(F)(F)F)cn2)c(F)cc1N. The molecule has 0 fully saturated rings. The highest BCUT2D eigenvalue weighted by molar-refractivity contribution is 7.99. The van der Waals surface area contributed by atoms with Gasteiger partial charge < -0.3 is 10.5 Å². The predicted octanol–water partition coefficient (Wildman–Crippen LogP) is 3.98. The van der Waals surface area contributed by atoms with Crippen molar-refractivity contribution >= 4 is 17.4 Å². The van der Waals surface area contributed by atoms with E-state index in [1.165, 1.54) is 19.2 Å². The molecule has 0 atom stereocenters. The molecule has 0 spiro atoms. The zero-order valence-corrected chi connectivity index (χ0v) is 11.6. The van der Waals surface area contributed by atoms with Crippen LogP contribution in [0.15, 0.2) is 40.4 Å². The average Bonchev–Trinajstić information content (AvgIpc) is 2.41. The van der Waals surface area contributed by atoms with E-state index >= 15 is 0 Å². The number of nitrogens with zero attached hydrogens (tertiary/aromatic N) is 1. The molecular formula is C13H10F4N2OS. The Kier molecular flexibility index (Phi) is 4.26. The lowest BCUT2D eigenvalue weighted by Gasteiger charge is -2.09. The summed E-state index contributed by atoms with van der Waals surface area (Å²) in [5.41, 5.74) is 4.83. The second kappa shape index (κ2) is 5.80. The van der Waals surface area contributed by atoms with E-state index in [-0.39, 0.29) is 21.4 Å². The third-order valence-corrected chi connectivity index (χ3v) is 3.55. The van der Waals surface area contributed by atoms with Crippen LogP contribution in [0.3, 0.4) is 0 Å². The first-order valence-electron chi connectivity index (χ1n) is 5.65. The van der Waals surface area contributed by atoms with Gasteiger partial charge in [-0.05, 0) is 18.2 Å². The molecule has 21 heavy (non-hydrogen) atoms. The predicted molar refractivity (Wildman–Crippen MR) is 70.7 cm³/mol. The molecule has 0 saturated carbocycles. The lowest BCUT2D eigenvalue weighted by atomic mass is 10.3. The van der Waals surface area contributed by atoms with Crippen molar-refractivity contribution in [2.45, 2.75) is 16.1 Å². The quantitative estimate of drug-likeness (QED) is 0.687. The van der Waals surface area contributed by atoms with Crippen LogP contribution in [-0.2, 0) is 6.18 Å². The number of methoxy groups -OCH3 is 1. The van der Waals surface area contributed by atoms with Crippen LogP contribution in [0, 0.1) is 5.82 Å². The number of aromatic nitrogens is 1. The van der Waals surface area contributed by atoms with Gasteiger partial charge in [-0.1, -0.05) is 11.8 Å². The minimum Gasteiger partial charge on any atom is -0.495 e. The fourth-order valence-corrected chi connectivity index (χ4v) is 2.32. The summed E-state index contributed by atoms with van der Waals surface area (Å²) in [7, 11) is 1.38. The van der Waals surface area contributed by atoms with Crippen molar-refractivity contribution in [3.63, 3.8) is 0 Å². The van der Waals surface area contributed by atoms with Gasteiger partial charge in [-0.25, -0.2) is 9.37 Å². The summed E-state index contributed by atoms with van der Waals surface area (Å²) in [6.07, 6.45) is -3.75. The topological polar surface area (TPSA) is 48.1 Å². The summed E-state index contributed by atoms with van der Waals surface area (Å²) in [4.78, 5) is 3.82. The molecule has 1 aromatic heterocycles. The zero-order valence-electron chi connectivity index (χ0n) is 10.7. The number of rotatable bonds is 3. The third-order valence-electron chi connectivity index (χ3n) is 2.56. The minimum absolute atomic E-state index is 0.139. The Morgan fingerprint density at radius 3 is 2.48 bits per heavy atom. The van der Waals surface area contributed by atoms with Crippen LogP contribution in [-0.4, -0.2) is 12.1 Å². The Morgan fingerprint density at radius 2 is 1.95 bits per heavy atom. The minimum atomic E-state index is -4.45. The average molecular weight is 318 g/mol. The summed E-state index contributed by atoms with van der Waals surface area (Å²) >= 11 is 0.883. The number of nitrogen functional groups attached to an aromatic ring is 1. The third kappa shape index (κ3) is 3.57. The lowest BCUT2D eigenvalue weighted by Crippen LogP contribution is -2.05. The van der Waals surface area contributed by atoms with E-state index in [0.29, 0.717) is 6.20 Å². The van der Waals surface area contributed by atoms with Gasteiger partial charge in [-0.15, -0.1) is 0 Å². The van der Waals surface area contributed by atoms with E-state index in [9.17, 15) is 17.6 Å². The normalized spacial score (nSPS) is 11.5. The van der Waals surface area contributed by atoms with Crippen molar-refractivity contribution in [1.29, 1.82) is 0 Å². The maximum Gasteiger partial charge on any atom is 0.417 e. The lowest BCUT2D eigenvalue weighted by molar-refractivity contribution is -0.137. The van der Waals surface area contributed by atoms with Gasteiger partial charge in [0.25, 0.3) is 0 Å². The first-order chi connectivity index (χ1) is 9.81. The van der Waals surface area contributed by atoms with Gasteiger partial charge in [0.05, 0.1) is 23.3 Å². The van der Waals surface area contributed by atoms with Gasteiger partial charge in [-0.3, -0.25) is 0 Å². The standard InChI is InChI=1S/C13H10F4N2OS/c1-20-10-5-11(8(14)4-9(10)18)21-12-3-2-7(6-19-12)13(15,16)17/h2-6H,18H2,1H3. The second-order valence-electron chi connectivity index (χ2n) is 4.01. The van der Waals surface area contributed by atoms with E-state index in [1.54, 1.807) is 0 Å². The van der Waals surface area contributed by atoms with Crippen molar-refractivity contribution in [1.82, 2.24) is 4.98 Å². The van der Waals surface area contributed by atoms with Crippen LogP contribution in [0.4, 0.5) is 23.2 Å². The van der Waals surface area contributed by atoms with Crippen LogP contribution in [0.25, 0.3) is 0 Å². The Bertz CT molecular complexity index is 644. The first-order valence-corrected chi connectivity index (χ1v) is 6.47. The maximum absolute atomic E-state index is 13.8. The highest BCUT2D eigenvalue weighted by Crippen LogP contribution is 2.35. The summed E-state index contributed by atoms with van der Waals surface area (Å²) < 4.78 is 56.0. The molecule has 2 aromatic rings. The van der Waals surface area contributed by atoms with E-state index in [2.05, 4.69) is 4.98 Å². The van der Waals surface area contributed by atoms with Crippen LogP contribution >= 0.6 is 11.8 Å². The van der Waals surface area contributed by atoms with Crippen molar-refractivity contribution in [3.8, 4) is 5.75 Å². The highest BCUT2D eigenvalue weighted by Gasteiger charge is 2.30. The number of hydrogen-bond acceptors (Lipinski definition) is 4. The smallest absolute Gasteiger partial charge is 0.417 e. The zero-order chi connectivity index (χ0) is 15.6. The molecule has 0 unspecified atom stereocenters. The van der Waals surface area contributed by atoms with Crippen molar-refractivity contribution in [3.05, 3.63) is 41.8 Å². The van der Waals surface area contributed by atoms with E-state index in [0.717, 1.165) is 23.9 Å². The molecule has 0 aliphatic rings. The van der Waals surface area contributed by atoms with Crippen LogP contribution in [0.2, 0.25) is 0 Å². The molecule has 8 heteroatoms. The molecule has 2 N–H and O–H groups in total. The summed E-state index contributed by atoms with van der Waals surface area (Å²) in [6, 6.07) is 4.53. The van der Waals surface area contributed by atoms with Gasteiger partial charge in [0.15, 0.2) is 0 Å². The molecule has 0 saturated heterocycles. The van der Waals surface area contributed by atoms with Crippen LogP contribution in [0.1, 0.15) is 5.56 Å². The van der Waals surface area contributed by atoms with Crippen LogP contribution < -0.4 is 10.5 Å². The summed E-state index contributed by atoms with van der Waals surface area (Å²) in [5.74, 6) is -0.314. The molecule has 0 radical (unpaired) electrons. The van der Waals surface area contributed by atoms with Crippen molar-refractivity contribution in [2.75, 3.05) is 12.8 Å². The fraction of sp³-hybridized carbons (Fsp3) is 0.154. The fourth-order valence-electron chi connectivity index (χ4n) is 1.53. The Balaban J connectivity index is 2.26. The van der Waals surface area contributed by atoms with Gasteiger partial charge in [0.2, 0.25) is 0 Å². The van der Waals surface area contributed by atoms with E-state index in [1.807, 2.05) is 0 Å². The molecule has 2 rings (SSSR count). The number of anilines is 1. The Morgan fingerprint density at radius 1 is 1.24 bits per heavy atom.